The predicted molar refractivity (Wildman–Crippen MR) is 95.1 cm³/mol. The number of piperazine rings is 1. The van der Waals surface area contributed by atoms with Crippen LogP contribution in [0, 0.1) is 6.92 Å². The van der Waals surface area contributed by atoms with E-state index in [1.165, 1.54) is 5.56 Å². The number of amides is 1. The molecule has 0 radical (unpaired) electrons. The summed E-state index contributed by atoms with van der Waals surface area (Å²) >= 11 is 0. The van der Waals surface area contributed by atoms with Gasteiger partial charge in [-0.1, -0.05) is 42.5 Å². The zero-order valence-electron chi connectivity index (χ0n) is 14.3. The van der Waals surface area contributed by atoms with E-state index < -0.39 is 0 Å². The number of nitrogens with zero attached hydrogens (tertiary/aromatic N) is 2. The van der Waals surface area contributed by atoms with Crippen molar-refractivity contribution in [3.8, 4) is 5.75 Å². The lowest BCUT2D eigenvalue weighted by Gasteiger charge is -2.40. The van der Waals surface area contributed by atoms with E-state index in [1.54, 1.807) is 0 Å². The highest BCUT2D eigenvalue weighted by atomic mass is 16.5. The fourth-order valence-corrected chi connectivity index (χ4v) is 3.11. The third-order valence-electron chi connectivity index (χ3n) is 4.44. The van der Waals surface area contributed by atoms with E-state index in [4.69, 9.17) is 4.74 Å². The molecule has 0 bridgehead atoms. The van der Waals surface area contributed by atoms with Gasteiger partial charge < -0.3 is 14.5 Å². The first-order valence-corrected chi connectivity index (χ1v) is 8.36. The quantitative estimate of drug-likeness (QED) is 0.867. The van der Waals surface area contributed by atoms with E-state index in [2.05, 4.69) is 24.1 Å². The lowest BCUT2D eigenvalue weighted by Crippen LogP contribution is -2.50. The Balaban J connectivity index is 1.69. The molecule has 0 N–H and O–H groups in total. The van der Waals surface area contributed by atoms with Crippen molar-refractivity contribution in [1.29, 1.82) is 0 Å². The second kappa shape index (κ2) is 7.49. The summed E-state index contributed by atoms with van der Waals surface area (Å²) in [5, 5.41) is 0. The number of carbonyl (C=O) groups excluding carboxylic acids is 1. The van der Waals surface area contributed by atoms with Crippen LogP contribution in [0.5, 0.6) is 5.75 Å². The number of hydrogen-bond donors (Lipinski definition) is 0. The average molecular weight is 324 g/mol. The Morgan fingerprint density at radius 1 is 1.12 bits per heavy atom. The molecule has 0 aromatic heterocycles. The maximum atomic E-state index is 12.7. The number of aryl methyl sites for hydroxylation is 1. The maximum absolute atomic E-state index is 12.7. The maximum Gasteiger partial charge on any atom is 0.261 e. The second-order valence-corrected chi connectivity index (χ2v) is 6.38. The molecule has 4 heteroatoms. The van der Waals surface area contributed by atoms with Gasteiger partial charge in [-0.3, -0.25) is 4.79 Å². The van der Waals surface area contributed by atoms with Gasteiger partial charge in [0.15, 0.2) is 6.61 Å². The molecule has 1 aliphatic heterocycles. The smallest absolute Gasteiger partial charge is 0.261 e. The van der Waals surface area contributed by atoms with Gasteiger partial charge in [-0.2, -0.15) is 0 Å². The third-order valence-corrected chi connectivity index (χ3v) is 4.44. The van der Waals surface area contributed by atoms with Crippen molar-refractivity contribution in [2.75, 3.05) is 33.3 Å². The van der Waals surface area contributed by atoms with Crippen LogP contribution in [0.2, 0.25) is 0 Å². The Morgan fingerprint density at radius 2 is 1.92 bits per heavy atom. The van der Waals surface area contributed by atoms with Gasteiger partial charge in [-0.05, 0) is 37.2 Å². The van der Waals surface area contributed by atoms with Crippen LogP contribution in [-0.4, -0.2) is 49.0 Å². The molecule has 0 aliphatic carbocycles. The zero-order valence-corrected chi connectivity index (χ0v) is 14.3. The van der Waals surface area contributed by atoms with Gasteiger partial charge in [0.2, 0.25) is 0 Å². The number of rotatable bonds is 4. The van der Waals surface area contributed by atoms with Crippen LogP contribution >= 0.6 is 0 Å². The van der Waals surface area contributed by atoms with Crippen molar-refractivity contribution in [3.63, 3.8) is 0 Å². The van der Waals surface area contributed by atoms with Crippen molar-refractivity contribution < 1.29 is 9.53 Å². The highest BCUT2D eigenvalue weighted by Gasteiger charge is 2.30. The minimum atomic E-state index is 0.0402. The van der Waals surface area contributed by atoms with E-state index in [-0.39, 0.29) is 18.6 Å². The highest BCUT2D eigenvalue weighted by Crippen LogP contribution is 2.25. The molecule has 1 heterocycles. The SMILES string of the molecule is Cc1cccc(OCC(=O)N2CCN(C)CC2c2ccccc2)c1. The van der Waals surface area contributed by atoms with Crippen molar-refractivity contribution in [1.82, 2.24) is 9.80 Å². The molecule has 0 spiro atoms. The molecule has 126 valence electrons. The minimum absolute atomic E-state index is 0.0402. The van der Waals surface area contributed by atoms with Crippen molar-refractivity contribution >= 4 is 5.91 Å². The Kier molecular flexibility index (Phi) is 5.16. The molecular formula is C20H24N2O2. The van der Waals surface area contributed by atoms with Crippen molar-refractivity contribution in [2.45, 2.75) is 13.0 Å². The van der Waals surface area contributed by atoms with Crippen molar-refractivity contribution in [3.05, 3.63) is 65.7 Å². The Labute approximate surface area is 143 Å². The third kappa shape index (κ3) is 3.95. The number of carbonyl (C=O) groups is 1. The van der Waals surface area contributed by atoms with Crippen LogP contribution in [0.25, 0.3) is 0 Å². The normalized spacial score (nSPS) is 18.4. The number of benzene rings is 2. The van der Waals surface area contributed by atoms with Crippen LogP contribution in [0.4, 0.5) is 0 Å². The Hall–Kier alpha value is -2.33. The molecule has 3 rings (SSSR count). The molecule has 1 amide bonds. The molecule has 1 aliphatic rings. The van der Waals surface area contributed by atoms with Gasteiger partial charge in [0.05, 0.1) is 6.04 Å². The molecule has 0 saturated carbocycles. The predicted octanol–water partition coefficient (Wildman–Crippen LogP) is 2.89. The minimum Gasteiger partial charge on any atom is -0.484 e. The largest absolute Gasteiger partial charge is 0.484 e. The summed E-state index contributed by atoms with van der Waals surface area (Å²) in [7, 11) is 2.10. The molecule has 1 atom stereocenters. The lowest BCUT2D eigenvalue weighted by atomic mass is 10.0. The van der Waals surface area contributed by atoms with Crippen LogP contribution in [0.3, 0.4) is 0 Å². The van der Waals surface area contributed by atoms with Crippen LogP contribution in [-0.2, 0) is 4.79 Å². The van der Waals surface area contributed by atoms with Crippen LogP contribution < -0.4 is 4.74 Å². The number of ether oxygens (including phenoxy) is 1. The summed E-state index contributed by atoms with van der Waals surface area (Å²) < 4.78 is 5.71. The van der Waals surface area contributed by atoms with Crippen LogP contribution in [0.1, 0.15) is 17.2 Å². The van der Waals surface area contributed by atoms with E-state index in [0.717, 1.165) is 30.9 Å². The van der Waals surface area contributed by atoms with Gasteiger partial charge >= 0.3 is 0 Å². The summed E-state index contributed by atoms with van der Waals surface area (Å²) in [4.78, 5) is 16.9. The molecule has 1 unspecified atom stereocenters. The van der Waals surface area contributed by atoms with Gasteiger partial charge in [0.25, 0.3) is 5.91 Å². The van der Waals surface area contributed by atoms with E-state index in [9.17, 15) is 4.79 Å². The topological polar surface area (TPSA) is 32.8 Å². The highest BCUT2D eigenvalue weighted by molar-refractivity contribution is 5.78. The van der Waals surface area contributed by atoms with Crippen LogP contribution in [0.15, 0.2) is 54.6 Å². The summed E-state index contributed by atoms with van der Waals surface area (Å²) in [6, 6.07) is 18.1. The Bertz CT molecular complexity index is 687. The standard InChI is InChI=1S/C20H24N2O2/c1-16-7-6-10-18(13-16)24-15-20(23)22-12-11-21(2)14-19(22)17-8-4-3-5-9-17/h3-10,13,19H,11-12,14-15H2,1-2H3. The molecular weight excluding hydrogens is 300 g/mol. The Morgan fingerprint density at radius 3 is 2.67 bits per heavy atom. The number of hydrogen-bond acceptors (Lipinski definition) is 3. The first kappa shape index (κ1) is 16.5. The average Bonchev–Trinajstić information content (AvgIpc) is 2.60. The molecule has 2 aromatic carbocycles. The van der Waals surface area contributed by atoms with Gasteiger partial charge in [-0.15, -0.1) is 0 Å². The first-order chi connectivity index (χ1) is 11.6. The second-order valence-electron chi connectivity index (χ2n) is 6.38. The summed E-state index contributed by atoms with van der Waals surface area (Å²) in [6.07, 6.45) is 0. The monoisotopic (exact) mass is 324 g/mol. The molecule has 4 nitrogen and oxygen atoms in total. The molecule has 24 heavy (non-hydrogen) atoms. The van der Waals surface area contributed by atoms with E-state index in [0.29, 0.717) is 0 Å². The summed E-state index contributed by atoms with van der Waals surface area (Å²) in [5.41, 5.74) is 2.30. The first-order valence-electron chi connectivity index (χ1n) is 8.36. The lowest BCUT2D eigenvalue weighted by molar-refractivity contribution is -0.138. The summed E-state index contributed by atoms with van der Waals surface area (Å²) in [6.45, 7) is 4.56. The van der Waals surface area contributed by atoms with E-state index >= 15 is 0 Å². The van der Waals surface area contributed by atoms with Gasteiger partial charge in [-0.25, -0.2) is 0 Å². The summed E-state index contributed by atoms with van der Waals surface area (Å²) in [5.74, 6) is 0.784. The zero-order chi connectivity index (χ0) is 16.9. The fraction of sp³-hybridized carbons (Fsp3) is 0.350. The van der Waals surface area contributed by atoms with E-state index in [1.807, 2.05) is 54.3 Å². The van der Waals surface area contributed by atoms with Gasteiger partial charge in [0, 0.05) is 19.6 Å². The van der Waals surface area contributed by atoms with Crippen molar-refractivity contribution in [2.24, 2.45) is 0 Å². The molecule has 1 fully saturated rings. The fourth-order valence-electron chi connectivity index (χ4n) is 3.11. The number of likely N-dealkylation sites (N-methyl/N-ethyl adjacent to an activating group) is 1. The van der Waals surface area contributed by atoms with Gasteiger partial charge in [0.1, 0.15) is 5.75 Å². The molecule has 2 aromatic rings. The molecule has 1 saturated heterocycles.